The summed E-state index contributed by atoms with van der Waals surface area (Å²) in [5, 5.41) is 4.63. The standard InChI is InChI=1S/C22H25FN2O2S2/c1-13-8-9-14-12-15(23)10-11-17(14)25(13)22(28)24-20-19(21(26)27-2)16-6-4-3-5-7-18(16)29-20/h10-13H,3-9H2,1-2H3,(H,24,28). The lowest BCUT2D eigenvalue weighted by Crippen LogP contribution is -2.44. The molecule has 1 aliphatic heterocycles. The zero-order valence-electron chi connectivity index (χ0n) is 16.7. The number of esters is 1. The number of hydrogen-bond donors (Lipinski definition) is 1. The molecular weight excluding hydrogens is 407 g/mol. The fourth-order valence-corrected chi connectivity index (χ4v) is 6.06. The summed E-state index contributed by atoms with van der Waals surface area (Å²) in [6.45, 7) is 2.12. The number of hydrogen-bond acceptors (Lipinski definition) is 4. The fourth-order valence-electron chi connectivity index (χ4n) is 4.34. The number of aryl methyl sites for hydroxylation is 2. The molecule has 1 atom stereocenters. The maximum Gasteiger partial charge on any atom is 0.341 e. The third-order valence-electron chi connectivity index (χ3n) is 5.82. The molecule has 0 radical (unpaired) electrons. The number of nitrogens with zero attached hydrogens (tertiary/aromatic N) is 1. The number of anilines is 2. The van der Waals surface area contributed by atoms with Crippen LogP contribution in [0.4, 0.5) is 15.1 Å². The van der Waals surface area contributed by atoms with Gasteiger partial charge in [-0.15, -0.1) is 11.3 Å². The average molecular weight is 433 g/mol. The lowest BCUT2D eigenvalue weighted by atomic mass is 9.97. The minimum atomic E-state index is -0.316. The van der Waals surface area contributed by atoms with Gasteiger partial charge in [0.15, 0.2) is 5.11 Å². The first-order chi connectivity index (χ1) is 14.0. The van der Waals surface area contributed by atoms with E-state index < -0.39 is 0 Å². The van der Waals surface area contributed by atoms with Gasteiger partial charge in [0, 0.05) is 16.6 Å². The number of fused-ring (bicyclic) bond motifs is 2. The van der Waals surface area contributed by atoms with E-state index in [1.165, 1.54) is 24.5 Å². The summed E-state index contributed by atoms with van der Waals surface area (Å²) in [5.74, 6) is -0.545. The monoisotopic (exact) mass is 432 g/mol. The fraction of sp³-hybridized carbons (Fsp3) is 0.455. The van der Waals surface area contributed by atoms with Gasteiger partial charge >= 0.3 is 5.97 Å². The number of benzene rings is 1. The second kappa shape index (κ2) is 8.40. The number of thiocarbonyl (C=S) groups is 1. The van der Waals surface area contributed by atoms with Crippen molar-refractivity contribution in [2.75, 3.05) is 17.3 Å². The van der Waals surface area contributed by atoms with Crippen LogP contribution in [0.15, 0.2) is 18.2 Å². The first-order valence-electron chi connectivity index (χ1n) is 10.1. The second-order valence-electron chi connectivity index (χ2n) is 7.72. The molecule has 2 aliphatic rings. The quantitative estimate of drug-likeness (QED) is 0.387. The zero-order valence-corrected chi connectivity index (χ0v) is 18.4. The van der Waals surface area contributed by atoms with E-state index in [0.717, 1.165) is 60.3 Å². The Morgan fingerprint density at radius 3 is 2.86 bits per heavy atom. The number of nitrogens with one attached hydrogen (secondary N) is 1. The highest BCUT2D eigenvalue weighted by molar-refractivity contribution is 7.80. The van der Waals surface area contributed by atoms with E-state index in [9.17, 15) is 9.18 Å². The van der Waals surface area contributed by atoms with Gasteiger partial charge in [0.25, 0.3) is 0 Å². The molecule has 29 heavy (non-hydrogen) atoms. The van der Waals surface area contributed by atoms with Gasteiger partial charge in [0.1, 0.15) is 10.8 Å². The summed E-state index contributed by atoms with van der Waals surface area (Å²) in [7, 11) is 1.42. The van der Waals surface area contributed by atoms with Crippen LogP contribution in [-0.2, 0) is 24.0 Å². The molecule has 0 saturated carbocycles. The SMILES string of the molecule is COC(=O)c1c(NC(=S)N2c3ccc(F)cc3CCC2C)sc2c1CCCCC2. The van der Waals surface area contributed by atoms with Gasteiger partial charge in [-0.25, -0.2) is 9.18 Å². The van der Waals surface area contributed by atoms with Crippen molar-refractivity contribution in [3.05, 3.63) is 45.6 Å². The zero-order chi connectivity index (χ0) is 20.5. The molecule has 1 aromatic carbocycles. The third kappa shape index (κ3) is 3.90. The Balaban J connectivity index is 1.68. The Morgan fingerprint density at radius 1 is 1.28 bits per heavy atom. The first kappa shape index (κ1) is 20.3. The van der Waals surface area contributed by atoms with Crippen LogP contribution in [0, 0.1) is 5.82 Å². The molecular formula is C22H25FN2O2S2. The van der Waals surface area contributed by atoms with Gasteiger partial charge in [-0.2, -0.15) is 0 Å². The van der Waals surface area contributed by atoms with Crippen molar-refractivity contribution >= 4 is 45.3 Å². The number of rotatable bonds is 2. The number of carbonyl (C=O) groups is 1. The van der Waals surface area contributed by atoms with E-state index >= 15 is 0 Å². The first-order valence-corrected chi connectivity index (χ1v) is 11.3. The molecule has 154 valence electrons. The van der Waals surface area contributed by atoms with Crippen LogP contribution >= 0.6 is 23.6 Å². The Kier molecular flexibility index (Phi) is 5.88. The predicted molar refractivity (Wildman–Crippen MR) is 120 cm³/mol. The Labute approximate surface area is 180 Å². The van der Waals surface area contributed by atoms with Crippen molar-refractivity contribution in [3.8, 4) is 0 Å². The number of carbonyl (C=O) groups excluding carboxylic acids is 1. The summed E-state index contributed by atoms with van der Waals surface area (Å²) < 4.78 is 18.8. The van der Waals surface area contributed by atoms with Crippen molar-refractivity contribution < 1.29 is 13.9 Å². The molecule has 0 spiro atoms. The largest absolute Gasteiger partial charge is 0.465 e. The molecule has 1 N–H and O–H groups in total. The minimum Gasteiger partial charge on any atom is -0.465 e. The summed E-state index contributed by atoms with van der Waals surface area (Å²) in [5.41, 5.74) is 3.63. The summed E-state index contributed by atoms with van der Waals surface area (Å²) >= 11 is 7.38. The van der Waals surface area contributed by atoms with Crippen molar-refractivity contribution in [2.45, 2.75) is 57.9 Å². The van der Waals surface area contributed by atoms with Gasteiger partial charge < -0.3 is 15.0 Å². The molecule has 1 aliphatic carbocycles. The predicted octanol–water partition coefficient (Wildman–Crippen LogP) is 5.48. The molecule has 2 aromatic rings. The number of ether oxygens (including phenoxy) is 1. The van der Waals surface area contributed by atoms with E-state index in [-0.39, 0.29) is 17.8 Å². The van der Waals surface area contributed by atoms with Crippen molar-refractivity contribution in [3.63, 3.8) is 0 Å². The third-order valence-corrected chi connectivity index (χ3v) is 7.33. The molecule has 1 aromatic heterocycles. The van der Waals surface area contributed by atoms with Crippen molar-refractivity contribution in [1.29, 1.82) is 0 Å². The smallest absolute Gasteiger partial charge is 0.341 e. The van der Waals surface area contributed by atoms with Crippen molar-refractivity contribution in [2.24, 2.45) is 0 Å². The van der Waals surface area contributed by atoms with Crippen LogP contribution in [0.3, 0.4) is 0 Å². The van der Waals surface area contributed by atoms with Crippen LogP contribution in [-0.4, -0.2) is 24.2 Å². The normalized spacial score (nSPS) is 18.4. The second-order valence-corrected chi connectivity index (χ2v) is 9.21. The Hall–Kier alpha value is -1.99. The molecule has 0 saturated heterocycles. The van der Waals surface area contributed by atoms with Gasteiger partial charge in [0.2, 0.25) is 0 Å². The molecule has 0 fully saturated rings. The molecule has 1 unspecified atom stereocenters. The highest BCUT2D eigenvalue weighted by Gasteiger charge is 2.30. The average Bonchev–Trinajstić information content (AvgIpc) is 2.87. The highest BCUT2D eigenvalue weighted by atomic mass is 32.1. The Morgan fingerprint density at radius 2 is 2.07 bits per heavy atom. The molecule has 2 heterocycles. The van der Waals surface area contributed by atoms with Gasteiger partial charge in [-0.05, 0) is 87.0 Å². The summed E-state index contributed by atoms with van der Waals surface area (Å²) in [6, 6.07) is 5.04. The maximum atomic E-state index is 13.7. The van der Waals surface area contributed by atoms with Crippen LogP contribution in [0.25, 0.3) is 0 Å². The summed E-state index contributed by atoms with van der Waals surface area (Å²) in [4.78, 5) is 15.9. The topological polar surface area (TPSA) is 41.6 Å². The molecule has 0 bridgehead atoms. The molecule has 7 heteroatoms. The number of halogens is 1. The van der Waals surface area contributed by atoms with Crippen molar-refractivity contribution in [1.82, 2.24) is 0 Å². The van der Waals surface area contributed by atoms with Gasteiger partial charge in [-0.1, -0.05) is 6.42 Å². The van der Waals surface area contributed by atoms with E-state index in [1.807, 2.05) is 4.90 Å². The lowest BCUT2D eigenvalue weighted by Gasteiger charge is -2.37. The van der Waals surface area contributed by atoms with Crippen LogP contribution in [0.2, 0.25) is 0 Å². The highest BCUT2D eigenvalue weighted by Crippen LogP contribution is 2.39. The van der Waals surface area contributed by atoms with Gasteiger partial charge in [-0.3, -0.25) is 0 Å². The molecule has 4 nitrogen and oxygen atoms in total. The van der Waals surface area contributed by atoms with Crippen LogP contribution in [0.5, 0.6) is 0 Å². The summed E-state index contributed by atoms with van der Waals surface area (Å²) in [6.07, 6.45) is 7.01. The van der Waals surface area contributed by atoms with E-state index in [4.69, 9.17) is 17.0 Å². The van der Waals surface area contributed by atoms with Crippen LogP contribution in [0.1, 0.15) is 59.0 Å². The van der Waals surface area contributed by atoms with E-state index in [0.29, 0.717) is 10.7 Å². The Bertz CT molecular complexity index is 957. The number of thiophene rings is 1. The van der Waals surface area contributed by atoms with Crippen LogP contribution < -0.4 is 10.2 Å². The van der Waals surface area contributed by atoms with Gasteiger partial charge in [0.05, 0.1) is 12.7 Å². The van der Waals surface area contributed by atoms with E-state index in [1.54, 1.807) is 23.5 Å². The number of methoxy groups -OCH3 is 1. The molecule has 4 rings (SSSR count). The van der Waals surface area contributed by atoms with E-state index in [2.05, 4.69) is 12.2 Å². The lowest BCUT2D eigenvalue weighted by molar-refractivity contribution is 0.0601. The minimum absolute atomic E-state index is 0.187. The molecule has 0 amide bonds. The maximum absolute atomic E-state index is 13.7.